The number of aliphatic imine (C=N–C) groups is 1. The van der Waals surface area contributed by atoms with E-state index in [-0.39, 0.29) is 18.8 Å². The molecule has 1 fully saturated rings. The third-order valence-corrected chi connectivity index (χ3v) is 6.09. The fourth-order valence-electron chi connectivity index (χ4n) is 2.97. The Labute approximate surface area is 154 Å². The van der Waals surface area contributed by atoms with E-state index < -0.39 is 5.97 Å². The van der Waals surface area contributed by atoms with Gasteiger partial charge >= 0.3 is 5.97 Å². The Hall–Kier alpha value is -1.57. The molecule has 0 spiro atoms. The molecule has 2 aliphatic heterocycles. The van der Waals surface area contributed by atoms with Gasteiger partial charge in [-0.1, -0.05) is 47.4 Å². The highest BCUT2D eigenvalue weighted by molar-refractivity contribution is 8.14. The van der Waals surface area contributed by atoms with Crippen LogP contribution in [0.25, 0.3) is 0 Å². The number of rotatable bonds is 3. The Bertz CT molecular complexity index is 793. The van der Waals surface area contributed by atoms with E-state index in [4.69, 9.17) is 5.11 Å². The number of thiazole rings is 1. The van der Waals surface area contributed by atoms with Crippen molar-refractivity contribution in [1.82, 2.24) is 9.88 Å². The number of aromatic nitrogens is 1. The van der Waals surface area contributed by atoms with Gasteiger partial charge in [0.15, 0.2) is 5.17 Å². The van der Waals surface area contributed by atoms with E-state index in [1.165, 1.54) is 22.5 Å². The predicted molar refractivity (Wildman–Crippen MR) is 99.7 cm³/mol. The lowest BCUT2D eigenvalue weighted by Crippen LogP contribution is -2.38. The maximum atomic E-state index is 10.8. The Kier molecular flexibility index (Phi) is 5.12. The zero-order chi connectivity index (χ0) is 15.8. The molecule has 0 amide bonds. The molecule has 8 heteroatoms. The molecule has 0 saturated carbocycles. The smallest absolute Gasteiger partial charge is 0.308 e. The second-order valence-electron chi connectivity index (χ2n) is 5.64. The van der Waals surface area contributed by atoms with Crippen LogP contribution in [0.5, 0.6) is 0 Å². The third kappa shape index (κ3) is 3.43. The Balaban J connectivity index is 0.00000169. The molecule has 1 atom stereocenters. The van der Waals surface area contributed by atoms with E-state index in [1.54, 1.807) is 18.0 Å². The first kappa shape index (κ1) is 17.3. The summed E-state index contributed by atoms with van der Waals surface area (Å²) < 4.78 is 0. The Morgan fingerprint density at radius 2 is 2.17 bits per heavy atom. The number of carboxylic acids is 1. The molecule has 4 rings (SSSR count). The molecule has 0 radical (unpaired) electrons. The highest BCUT2D eigenvalue weighted by atomic mass is 35.5. The number of amidine groups is 1. The lowest BCUT2D eigenvalue weighted by Gasteiger charge is -2.32. The highest BCUT2D eigenvalue weighted by Gasteiger charge is 2.34. The van der Waals surface area contributed by atoms with Gasteiger partial charge in [0.2, 0.25) is 5.13 Å². The molecule has 24 heavy (non-hydrogen) atoms. The van der Waals surface area contributed by atoms with Crippen LogP contribution in [0.3, 0.4) is 0 Å². The van der Waals surface area contributed by atoms with Gasteiger partial charge in [-0.05, 0) is 17.5 Å². The quantitative estimate of drug-likeness (QED) is 0.883. The van der Waals surface area contributed by atoms with Gasteiger partial charge in [0, 0.05) is 29.4 Å². The summed E-state index contributed by atoms with van der Waals surface area (Å²) in [5, 5.41) is 10.5. The van der Waals surface area contributed by atoms with Crippen molar-refractivity contribution in [3.63, 3.8) is 0 Å². The molecule has 1 N–H and O–H groups in total. The number of carbonyl (C=O) groups is 1. The predicted octanol–water partition coefficient (Wildman–Crippen LogP) is 3.35. The number of aliphatic carboxylic acids is 1. The number of fused-ring (bicyclic) bond motifs is 2. The second kappa shape index (κ2) is 7.13. The third-order valence-electron chi connectivity index (χ3n) is 4.06. The van der Waals surface area contributed by atoms with E-state index >= 15 is 0 Å². The summed E-state index contributed by atoms with van der Waals surface area (Å²) in [6.07, 6.45) is 2.68. The number of hydrogen-bond donors (Lipinski definition) is 1. The van der Waals surface area contributed by atoms with Crippen LogP contribution in [0.2, 0.25) is 0 Å². The SMILES string of the molecule is Cl.O=C(O)Cc1cnc(/N=C2/SC[C@@H]3Cc4ccccc4CN23)s1. The lowest BCUT2D eigenvalue weighted by atomic mass is 9.95. The van der Waals surface area contributed by atoms with Gasteiger partial charge < -0.3 is 10.0 Å². The summed E-state index contributed by atoms with van der Waals surface area (Å²) >= 11 is 3.12. The van der Waals surface area contributed by atoms with E-state index in [9.17, 15) is 4.79 Å². The highest BCUT2D eigenvalue weighted by Crippen LogP contribution is 2.35. The zero-order valence-corrected chi connectivity index (χ0v) is 15.2. The fourth-order valence-corrected chi connectivity index (χ4v) is 4.97. The average Bonchev–Trinajstić information content (AvgIpc) is 3.12. The topological polar surface area (TPSA) is 65.8 Å². The maximum absolute atomic E-state index is 10.8. The number of hydrogen-bond acceptors (Lipinski definition) is 5. The standard InChI is InChI=1S/C16H15N3O2S2.ClH/c20-14(21)6-13-7-17-15(23-13)18-16-19-8-11-4-2-1-3-10(11)5-12(19)9-22-16;/h1-4,7,12H,5-6,8-9H2,(H,20,21);1H/b18-16+;/t12-;/m0./s1. The zero-order valence-electron chi connectivity index (χ0n) is 12.7. The monoisotopic (exact) mass is 381 g/mol. The minimum absolute atomic E-state index is 0. The van der Waals surface area contributed by atoms with Gasteiger partial charge in [-0.25, -0.2) is 4.98 Å². The van der Waals surface area contributed by atoms with E-state index in [2.05, 4.69) is 39.1 Å². The van der Waals surface area contributed by atoms with Gasteiger partial charge in [0.25, 0.3) is 0 Å². The van der Waals surface area contributed by atoms with Crippen LogP contribution in [0.15, 0.2) is 35.5 Å². The Morgan fingerprint density at radius 1 is 1.38 bits per heavy atom. The first-order valence-electron chi connectivity index (χ1n) is 7.40. The van der Waals surface area contributed by atoms with Crippen molar-refractivity contribution in [3.8, 4) is 0 Å². The summed E-state index contributed by atoms with van der Waals surface area (Å²) in [6.45, 7) is 0.889. The molecular formula is C16H16ClN3O2S2. The first-order chi connectivity index (χ1) is 11.2. The van der Waals surface area contributed by atoms with Gasteiger partial charge in [-0.2, -0.15) is 4.99 Å². The summed E-state index contributed by atoms with van der Waals surface area (Å²) in [5.74, 6) is 0.205. The van der Waals surface area contributed by atoms with Crippen molar-refractivity contribution < 1.29 is 9.90 Å². The van der Waals surface area contributed by atoms with Crippen LogP contribution >= 0.6 is 35.5 Å². The van der Waals surface area contributed by atoms with Gasteiger partial charge in [-0.15, -0.1) is 12.4 Å². The molecule has 0 bridgehead atoms. The Morgan fingerprint density at radius 3 is 2.96 bits per heavy atom. The minimum atomic E-state index is -0.837. The molecule has 0 unspecified atom stereocenters. The fraction of sp³-hybridized carbons (Fsp3) is 0.312. The normalized spacial score (nSPS) is 20.4. The summed E-state index contributed by atoms with van der Waals surface area (Å²) in [4.78, 5) is 22.8. The summed E-state index contributed by atoms with van der Waals surface area (Å²) in [6, 6.07) is 9.07. The molecule has 1 saturated heterocycles. The van der Waals surface area contributed by atoms with E-state index in [1.807, 2.05) is 0 Å². The average molecular weight is 382 g/mol. The lowest BCUT2D eigenvalue weighted by molar-refractivity contribution is -0.136. The summed E-state index contributed by atoms with van der Waals surface area (Å²) in [7, 11) is 0. The van der Waals surface area contributed by atoms with Crippen LogP contribution < -0.4 is 0 Å². The van der Waals surface area contributed by atoms with Crippen LogP contribution in [-0.2, 0) is 24.2 Å². The van der Waals surface area contributed by atoms with Gasteiger partial charge in [0.05, 0.1) is 6.42 Å². The molecule has 1 aromatic carbocycles. The van der Waals surface area contributed by atoms with Crippen molar-refractivity contribution in [2.24, 2.45) is 4.99 Å². The first-order valence-corrected chi connectivity index (χ1v) is 9.20. The van der Waals surface area contributed by atoms with Crippen LogP contribution in [0.1, 0.15) is 16.0 Å². The number of halogens is 1. The number of benzene rings is 1. The van der Waals surface area contributed by atoms with Gasteiger partial charge in [0.1, 0.15) is 0 Å². The largest absolute Gasteiger partial charge is 0.481 e. The van der Waals surface area contributed by atoms with Crippen LogP contribution in [0.4, 0.5) is 5.13 Å². The van der Waals surface area contributed by atoms with Crippen molar-refractivity contribution in [3.05, 3.63) is 46.5 Å². The minimum Gasteiger partial charge on any atom is -0.481 e. The van der Waals surface area contributed by atoms with Crippen molar-refractivity contribution >= 4 is 51.8 Å². The molecule has 3 heterocycles. The molecule has 2 aliphatic rings. The van der Waals surface area contributed by atoms with Crippen molar-refractivity contribution in [1.29, 1.82) is 0 Å². The van der Waals surface area contributed by atoms with E-state index in [0.717, 1.165) is 28.8 Å². The molecule has 2 aromatic rings. The van der Waals surface area contributed by atoms with Crippen LogP contribution in [-0.4, -0.2) is 37.9 Å². The number of nitrogens with zero attached hydrogens (tertiary/aromatic N) is 3. The van der Waals surface area contributed by atoms with Gasteiger partial charge in [-0.3, -0.25) is 4.79 Å². The van der Waals surface area contributed by atoms with Crippen LogP contribution in [0, 0.1) is 0 Å². The molecule has 5 nitrogen and oxygen atoms in total. The second-order valence-corrected chi connectivity index (χ2v) is 7.72. The van der Waals surface area contributed by atoms with Crippen molar-refractivity contribution in [2.75, 3.05) is 5.75 Å². The van der Waals surface area contributed by atoms with E-state index in [0.29, 0.717) is 11.2 Å². The number of thioether (sulfide) groups is 1. The molecule has 126 valence electrons. The molecule has 1 aromatic heterocycles. The number of carboxylic acid groups (broad SMARTS) is 1. The molecular weight excluding hydrogens is 366 g/mol. The molecule has 0 aliphatic carbocycles. The summed E-state index contributed by atoms with van der Waals surface area (Å²) in [5.41, 5.74) is 2.80. The van der Waals surface area contributed by atoms with Crippen molar-refractivity contribution in [2.45, 2.75) is 25.4 Å². The maximum Gasteiger partial charge on any atom is 0.308 e.